The second-order valence-corrected chi connectivity index (χ2v) is 3.93. The van der Waals surface area contributed by atoms with Gasteiger partial charge in [-0.05, 0) is 32.1 Å². The summed E-state index contributed by atoms with van der Waals surface area (Å²) in [7, 11) is 0. The van der Waals surface area contributed by atoms with Crippen molar-refractivity contribution in [1.82, 2.24) is 5.32 Å². The molecule has 1 saturated heterocycles. The molecule has 0 radical (unpaired) electrons. The van der Waals surface area contributed by atoms with Crippen LogP contribution in [0.4, 0.5) is 0 Å². The molecule has 1 aliphatic heterocycles. The maximum Gasteiger partial charge on any atom is 0.0682 e. The van der Waals surface area contributed by atoms with Crippen LogP contribution in [0.25, 0.3) is 0 Å². The second kappa shape index (κ2) is 1.95. The van der Waals surface area contributed by atoms with E-state index in [-0.39, 0.29) is 11.6 Å². The minimum atomic E-state index is -0.0920. The molecule has 1 heterocycles. The van der Waals surface area contributed by atoms with Gasteiger partial charge in [0.15, 0.2) is 0 Å². The van der Waals surface area contributed by atoms with Crippen LogP contribution in [-0.4, -0.2) is 23.3 Å². The number of β-amino-alcohol motifs (C(OH)–C–C–N with tert-alkyl or cyclic N) is 1. The summed E-state index contributed by atoms with van der Waals surface area (Å²) in [4.78, 5) is 0. The lowest BCUT2D eigenvalue weighted by molar-refractivity contribution is 0.183. The zero-order chi connectivity index (χ0) is 7.19. The van der Waals surface area contributed by atoms with Crippen molar-refractivity contribution in [2.45, 2.75) is 37.8 Å². The van der Waals surface area contributed by atoms with E-state index in [0.717, 1.165) is 18.9 Å². The maximum absolute atomic E-state index is 9.28. The molecule has 2 atom stereocenters. The third-order valence-corrected chi connectivity index (χ3v) is 2.88. The Hall–Kier alpha value is -0.0800. The first-order valence-electron chi connectivity index (χ1n) is 4.14. The zero-order valence-electron chi connectivity index (χ0n) is 6.43. The minimum Gasteiger partial charge on any atom is -0.392 e. The van der Waals surface area contributed by atoms with Crippen LogP contribution in [0.5, 0.6) is 0 Å². The largest absolute Gasteiger partial charge is 0.392 e. The van der Waals surface area contributed by atoms with Gasteiger partial charge in [-0.15, -0.1) is 0 Å². The fourth-order valence-electron chi connectivity index (χ4n) is 2.02. The fourth-order valence-corrected chi connectivity index (χ4v) is 2.02. The fraction of sp³-hybridized carbons (Fsp3) is 1.00. The quantitative estimate of drug-likeness (QED) is 0.557. The van der Waals surface area contributed by atoms with E-state index in [1.165, 1.54) is 12.8 Å². The summed E-state index contributed by atoms with van der Waals surface area (Å²) >= 11 is 0. The summed E-state index contributed by atoms with van der Waals surface area (Å²) in [5.41, 5.74) is 0.277. The van der Waals surface area contributed by atoms with Gasteiger partial charge in [0.05, 0.1) is 6.10 Å². The Morgan fingerprint density at radius 1 is 1.50 bits per heavy atom. The van der Waals surface area contributed by atoms with Crippen molar-refractivity contribution in [3.63, 3.8) is 0 Å². The van der Waals surface area contributed by atoms with Crippen LogP contribution in [0.2, 0.25) is 0 Å². The molecule has 58 valence electrons. The first-order chi connectivity index (χ1) is 4.71. The van der Waals surface area contributed by atoms with E-state index in [0.29, 0.717) is 0 Å². The Kier molecular flexibility index (Phi) is 1.29. The van der Waals surface area contributed by atoms with Crippen molar-refractivity contribution < 1.29 is 5.11 Å². The first kappa shape index (κ1) is 6.62. The molecule has 0 amide bonds. The van der Waals surface area contributed by atoms with Crippen LogP contribution in [0.1, 0.15) is 26.2 Å². The van der Waals surface area contributed by atoms with Gasteiger partial charge in [-0.25, -0.2) is 0 Å². The lowest BCUT2D eigenvalue weighted by Crippen LogP contribution is -2.38. The predicted octanol–water partition coefficient (Wildman–Crippen LogP) is 0.509. The third-order valence-electron chi connectivity index (χ3n) is 2.88. The SMILES string of the molecule is CC1(C2CC2)CC(O)CN1. The summed E-state index contributed by atoms with van der Waals surface area (Å²) in [6, 6.07) is 0. The van der Waals surface area contributed by atoms with Crippen molar-refractivity contribution in [3.8, 4) is 0 Å². The van der Waals surface area contributed by atoms with Crippen molar-refractivity contribution in [2.24, 2.45) is 5.92 Å². The van der Waals surface area contributed by atoms with E-state index in [2.05, 4.69) is 12.2 Å². The Labute approximate surface area is 61.6 Å². The van der Waals surface area contributed by atoms with Crippen molar-refractivity contribution in [1.29, 1.82) is 0 Å². The van der Waals surface area contributed by atoms with Crippen molar-refractivity contribution >= 4 is 0 Å². The van der Waals surface area contributed by atoms with Gasteiger partial charge in [0.2, 0.25) is 0 Å². The van der Waals surface area contributed by atoms with E-state index in [1.54, 1.807) is 0 Å². The molecule has 2 N–H and O–H groups in total. The van der Waals surface area contributed by atoms with Gasteiger partial charge < -0.3 is 10.4 Å². The predicted molar refractivity (Wildman–Crippen MR) is 39.8 cm³/mol. The van der Waals surface area contributed by atoms with Crippen LogP contribution in [0, 0.1) is 5.92 Å². The maximum atomic E-state index is 9.28. The van der Waals surface area contributed by atoms with Gasteiger partial charge in [-0.3, -0.25) is 0 Å². The van der Waals surface area contributed by atoms with Gasteiger partial charge in [0.25, 0.3) is 0 Å². The molecular weight excluding hydrogens is 126 g/mol. The summed E-state index contributed by atoms with van der Waals surface area (Å²) in [5.74, 6) is 0.852. The summed E-state index contributed by atoms with van der Waals surface area (Å²) in [6.45, 7) is 3.04. The second-order valence-electron chi connectivity index (χ2n) is 3.93. The first-order valence-corrected chi connectivity index (χ1v) is 4.14. The standard InChI is InChI=1S/C8H15NO/c1-8(6-2-3-6)4-7(10)5-9-8/h6-7,9-10H,2-5H2,1H3. The number of aliphatic hydroxyl groups excluding tert-OH is 1. The summed E-state index contributed by atoms with van der Waals surface area (Å²) in [5, 5.41) is 12.7. The van der Waals surface area contributed by atoms with Crippen molar-refractivity contribution in [3.05, 3.63) is 0 Å². The van der Waals surface area contributed by atoms with Crippen LogP contribution in [0.3, 0.4) is 0 Å². The zero-order valence-corrected chi connectivity index (χ0v) is 6.43. The number of hydrogen-bond acceptors (Lipinski definition) is 2. The average Bonchev–Trinajstić information content (AvgIpc) is 2.62. The van der Waals surface area contributed by atoms with Gasteiger partial charge >= 0.3 is 0 Å². The van der Waals surface area contributed by atoms with Gasteiger partial charge in [-0.2, -0.15) is 0 Å². The third kappa shape index (κ3) is 0.956. The highest BCUT2D eigenvalue weighted by Crippen LogP contribution is 2.43. The van der Waals surface area contributed by atoms with Crippen LogP contribution < -0.4 is 5.32 Å². The molecule has 0 aromatic rings. The Morgan fingerprint density at radius 2 is 2.20 bits per heavy atom. The van der Waals surface area contributed by atoms with E-state index < -0.39 is 0 Å². The molecule has 2 unspecified atom stereocenters. The van der Waals surface area contributed by atoms with Crippen LogP contribution in [0.15, 0.2) is 0 Å². The molecule has 10 heavy (non-hydrogen) atoms. The van der Waals surface area contributed by atoms with Gasteiger partial charge in [0.1, 0.15) is 0 Å². The molecule has 0 bridgehead atoms. The van der Waals surface area contributed by atoms with Gasteiger partial charge in [0, 0.05) is 12.1 Å². The molecule has 1 saturated carbocycles. The minimum absolute atomic E-state index is 0.0920. The summed E-state index contributed by atoms with van der Waals surface area (Å²) < 4.78 is 0. The summed E-state index contributed by atoms with van der Waals surface area (Å²) in [6.07, 6.45) is 3.58. The highest BCUT2D eigenvalue weighted by Gasteiger charge is 2.45. The number of nitrogens with one attached hydrogen (secondary N) is 1. The van der Waals surface area contributed by atoms with Crippen molar-refractivity contribution in [2.75, 3.05) is 6.54 Å². The number of rotatable bonds is 1. The molecule has 0 spiro atoms. The van der Waals surface area contributed by atoms with Crippen LogP contribution in [-0.2, 0) is 0 Å². The molecular formula is C8H15NO. The van der Waals surface area contributed by atoms with E-state index in [9.17, 15) is 5.11 Å². The lowest BCUT2D eigenvalue weighted by Gasteiger charge is -2.23. The van der Waals surface area contributed by atoms with E-state index in [4.69, 9.17) is 0 Å². The topological polar surface area (TPSA) is 32.3 Å². The molecule has 2 nitrogen and oxygen atoms in total. The highest BCUT2D eigenvalue weighted by molar-refractivity contribution is 5.03. The lowest BCUT2D eigenvalue weighted by atomic mass is 9.93. The normalized spacial score (nSPS) is 48.0. The molecule has 2 aliphatic rings. The Bertz CT molecular complexity index is 144. The van der Waals surface area contributed by atoms with E-state index in [1.807, 2.05) is 0 Å². The Morgan fingerprint density at radius 3 is 2.60 bits per heavy atom. The smallest absolute Gasteiger partial charge is 0.0682 e. The average molecular weight is 141 g/mol. The molecule has 2 heteroatoms. The van der Waals surface area contributed by atoms with Crippen LogP contribution >= 0.6 is 0 Å². The molecule has 0 aromatic carbocycles. The van der Waals surface area contributed by atoms with E-state index >= 15 is 0 Å². The Balaban J connectivity index is 2.01. The molecule has 0 aromatic heterocycles. The molecule has 2 fully saturated rings. The monoisotopic (exact) mass is 141 g/mol. The molecule has 2 rings (SSSR count). The highest BCUT2D eigenvalue weighted by atomic mass is 16.3. The number of aliphatic hydroxyl groups is 1. The van der Waals surface area contributed by atoms with Gasteiger partial charge in [-0.1, -0.05) is 0 Å². The number of hydrogen-bond donors (Lipinski definition) is 2. The molecule has 1 aliphatic carbocycles.